The van der Waals surface area contributed by atoms with Crippen LogP contribution in [0.1, 0.15) is 0 Å². The van der Waals surface area contributed by atoms with Gasteiger partial charge in [0.15, 0.2) is 17.3 Å². The topological polar surface area (TPSA) is 85.0 Å². The first-order valence-corrected chi connectivity index (χ1v) is 5.95. The number of H-pyrrole nitrogens is 1. The molecule has 2 heterocycles. The molecule has 3 aromatic rings. The molecule has 3 rings (SSSR count). The van der Waals surface area contributed by atoms with E-state index in [1.54, 1.807) is 20.4 Å². The largest absolute Gasteiger partial charge is 0.493 e. The van der Waals surface area contributed by atoms with E-state index in [0.29, 0.717) is 17.3 Å². The van der Waals surface area contributed by atoms with Gasteiger partial charge in [0.25, 0.3) is 0 Å². The van der Waals surface area contributed by atoms with Crippen LogP contribution in [-0.2, 0) is 0 Å². The van der Waals surface area contributed by atoms with E-state index in [2.05, 4.69) is 25.5 Å². The SMILES string of the molecule is COc1ccc(Nc2ncnc3cn[nH]c23)cc1OC. The summed E-state index contributed by atoms with van der Waals surface area (Å²) >= 11 is 0. The summed E-state index contributed by atoms with van der Waals surface area (Å²) in [5.74, 6) is 1.97. The molecule has 0 atom stereocenters. The Labute approximate surface area is 115 Å². The van der Waals surface area contributed by atoms with E-state index >= 15 is 0 Å². The molecule has 0 saturated carbocycles. The molecule has 2 aromatic heterocycles. The number of methoxy groups -OCH3 is 2. The van der Waals surface area contributed by atoms with Crippen molar-refractivity contribution in [1.82, 2.24) is 20.2 Å². The molecule has 7 nitrogen and oxygen atoms in total. The Morgan fingerprint density at radius 3 is 2.75 bits per heavy atom. The Morgan fingerprint density at radius 2 is 1.95 bits per heavy atom. The van der Waals surface area contributed by atoms with E-state index in [0.717, 1.165) is 16.7 Å². The molecule has 20 heavy (non-hydrogen) atoms. The van der Waals surface area contributed by atoms with Gasteiger partial charge in [-0.05, 0) is 12.1 Å². The molecule has 2 N–H and O–H groups in total. The van der Waals surface area contributed by atoms with Crippen LogP contribution in [0.3, 0.4) is 0 Å². The van der Waals surface area contributed by atoms with Crippen LogP contribution in [0, 0.1) is 0 Å². The summed E-state index contributed by atoms with van der Waals surface area (Å²) in [5.41, 5.74) is 2.34. The van der Waals surface area contributed by atoms with Gasteiger partial charge in [-0.2, -0.15) is 5.10 Å². The summed E-state index contributed by atoms with van der Waals surface area (Å²) in [6.07, 6.45) is 3.14. The molecule has 0 amide bonds. The van der Waals surface area contributed by atoms with E-state index in [1.807, 2.05) is 18.2 Å². The van der Waals surface area contributed by atoms with Gasteiger partial charge >= 0.3 is 0 Å². The third-order valence-electron chi connectivity index (χ3n) is 2.89. The number of aromatic amines is 1. The van der Waals surface area contributed by atoms with Gasteiger partial charge in [-0.1, -0.05) is 0 Å². The van der Waals surface area contributed by atoms with Gasteiger partial charge in [-0.25, -0.2) is 9.97 Å². The maximum Gasteiger partial charge on any atom is 0.162 e. The van der Waals surface area contributed by atoms with Crippen molar-refractivity contribution in [3.8, 4) is 11.5 Å². The van der Waals surface area contributed by atoms with Crippen LogP contribution < -0.4 is 14.8 Å². The van der Waals surface area contributed by atoms with E-state index in [-0.39, 0.29) is 0 Å². The second kappa shape index (κ2) is 5.04. The molecule has 0 aliphatic heterocycles. The van der Waals surface area contributed by atoms with Gasteiger partial charge < -0.3 is 14.8 Å². The number of anilines is 2. The normalized spacial score (nSPS) is 10.5. The number of rotatable bonds is 4. The minimum Gasteiger partial charge on any atom is -0.493 e. The zero-order valence-electron chi connectivity index (χ0n) is 11.0. The highest BCUT2D eigenvalue weighted by Gasteiger charge is 2.08. The molecule has 102 valence electrons. The van der Waals surface area contributed by atoms with Crippen molar-refractivity contribution in [2.24, 2.45) is 0 Å². The van der Waals surface area contributed by atoms with Crippen LogP contribution in [0.15, 0.2) is 30.7 Å². The van der Waals surface area contributed by atoms with Crippen LogP contribution in [0.5, 0.6) is 11.5 Å². The standard InChI is InChI=1S/C13H13N5O2/c1-19-10-4-3-8(5-11(10)20-2)17-13-12-9(6-16-18-12)14-7-15-13/h3-7H,1-2H3,(H,16,18)(H,14,15,17). The summed E-state index contributed by atoms with van der Waals surface area (Å²) in [6, 6.07) is 5.54. The maximum atomic E-state index is 5.27. The number of aromatic nitrogens is 4. The lowest BCUT2D eigenvalue weighted by Crippen LogP contribution is -1.97. The second-order valence-electron chi connectivity index (χ2n) is 4.05. The van der Waals surface area contributed by atoms with Crippen LogP contribution in [0.4, 0.5) is 11.5 Å². The molecule has 0 spiro atoms. The van der Waals surface area contributed by atoms with Gasteiger partial charge in [0.05, 0.1) is 20.4 Å². The van der Waals surface area contributed by atoms with E-state index in [1.165, 1.54) is 6.33 Å². The van der Waals surface area contributed by atoms with Gasteiger partial charge in [-0.3, -0.25) is 5.10 Å². The molecule has 1 aromatic carbocycles. The van der Waals surface area contributed by atoms with Crippen molar-refractivity contribution >= 4 is 22.5 Å². The van der Waals surface area contributed by atoms with Crippen LogP contribution in [0.25, 0.3) is 11.0 Å². The predicted octanol–water partition coefficient (Wildman–Crippen LogP) is 2.11. The first-order chi connectivity index (χ1) is 9.81. The number of benzene rings is 1. The van der Waals surface area contributed by atoms with Crippen molar-refractivity contribution in [3.63, 3.8) is 0 Å². The Hall–Kier alpha value is -2.83. The molecule has 7 heteroatoms. The highest BCUT2D eigenvalue weighted by Crippen LogP contribution is 2.31. The summed E-state index contributed by atoms with van der Waals surface area (Å²) in [6.45, 7) is 0. The molecule has 0 bridgehead atoms. The summed E-state index contributed by atoms with van der Waals surface area (Å²) < 4.78 is 10.5. The molecular weight excluding hydrogens is 258 g/mol. The number of hydrogen-bond donors (Lipinski definition) is 2. The van der Waals surface area contributed by atoms with Crippen molar-refractivity contribution in [1.29, 1.82) is 0 Å². The van der Waals surface area contributed by atoms with Crippen molar-refractivity contribution in [2.75, 3.05) is 19.5 Å². The lowest BCUT2D eigenvalue weighted by molar-refractivity contribution is 0.355. The average molecular weight is 271 g/mol. The quantitative estimate of drug-likeness (QED) is 0.756. The lowest BCUT2D eigenvalue weighted by atomic mass is 10.2. The molecule has 0 saturated heterocycles. The fraction of sp³-hybridized carbons (Fsp3) is 0.154. The van der Waals surface area contributed by atoms with E-state index in [4.69, 9.17) is 9.47 Å². The summed E-state index contributed by atoms with van der Waals surface area (Å²) in [5, 5.41) is 10.0. The second-order valence-corrected chi connectivity index (χ2v) is 4.05. The van der Waals surface area contributed by atoms with Crippen LogP contribution in [-0.4, -0.2) is 34.4 Å². The molecule has 0 radical (unpaired) electrons. The Morgan fingerprint density at radius 1 is 1.10 bits per heavy atom. The molecule has 0 aliphatic rings. The van der Waals surface area contributed by atoms with Gasteiger partial charge in [-0.15, -0.1) is 0 Å². The minimum atomic E-state index is 0.646. The van der Waals surface area contributed by atoms with Crippen molar-refractivity contribution in [3.05, 3.63) is 30.7 Å². The third-order valence-corrected chi connectivity index (χ3v) is 2.89. The van der Waals surface area contributed by atoms with E-state index < -0.39 is 0 Å². The van der Waals surface area contributed by atoms with Crippen LogP contribution >= 0.6 is 0 Å². The number of hydrogen-bond acceptors (Lipinski definition) is 6. The Bertz CT molecular complexity index is 740. The number of ether oxygens (including phenoxy) is 2. The lowest BCUT2D eigenvalue weighted by Gasteiger charge is -2.11. The van der Waals surface area contributed by atoms with Crippen molar-refractivity contribution in [2.45, 2.75) is 0 Å². The van der Waals surface area contributed by atoms with E-state index in [9.17, 15) is 0 Å². The number of nitrogens with one attached hydrogen (secondary N) is 2. The Kier molecular flexibility index (Phi) is 3.08. The predicted molar refractivity (Wildman–Crippen MR) is 74.5 cm³/mol. The zero-order valence-corrected chi connectivity index (χ0v) is 11.0. The minimum absolute atomic E-state index is 0.646. The number of fused-ring (bicyclic) bond motifs is 1. The van der Waals surface area contributed by atoms with Gasteiger partial charge in [0, 0.05) is 11.8 Å². The van der Waals surface area contributed by atoms with Gasteiger partial charge in [0.1, 0.15) is 17.4 Å². The van der Waals surface area contributed by atoms with Gasteiger partial charge in [0.2, 0.25) is 0 Å². The first-order valence-electron chi connectivity index (χ1n) is 5.95. The van der Waals surface area contributed by atoms with Crippen molar-refractivity contribution < 1.29 is 9.47 Å². The fourth-order valence-electron chi connectivity index (χ4n) is 1.91. The average Bonchev–Trinajstić information content (AvgIpc) is 2.96. The highest BCUT2D eigenvalue weighted by atomic mass is 16.5. The number of nitrogens with zero attached hydrogens (tertiary/aromatic N) is 3. The summed E-state index contributed by atoms with van der Waals surface area (Å²) in [4.78, 5) is 8.32. The highest BCUT2D eigenvalue weighted by molar-refractivity contribution is 5.86. The molecular formula is C13H13N5O2. The summed E-state index contributed by atoms with van der Waals surface area (Å²) in [7, 11) is 3.20. The maximum absolute atomic E-state index is 5.27. The monoisotopic (exact) mass is 271 g/mol. The molecule has 0 unspecified atom stereocenters. The first kappa shape index (κ1) is 12.2. The van der Waals surface area contributed by atoms with Crippen LogP contribution in [0.2, 0.25) is 0 Å². The molecule has 0 aliphatic carbocycles. The molecule has 0 fully saturated rings. The third kappa shape index (κ3) is 2.09. The smallest absolute Gasteiger partial charge is 0.162 e. The fourth-order valence-corrected chi connectivity index (χ4v) is 1.91. The zero-order chi connectivity index (χ0) is 13.9. The Balaban J connectivity index is 1.96.